The van der Waals surface area contributed by atoms with Gasteiger partial charge in [-0.25, -0.2) is 4.98 Å². The molecule has 1 fully saturated rings. The van der Waals surface area contributed by atoms with Gasteiger partial charge in [-0.3, -0.25) is 4.79 Å². The molecule has 0 spiro atoms. The minimum absolute atomic E-state index is 0.149. The third kappa shape index (κ3) is 2.69. The van der Waals surface area contributed by atoms with Crippen LogP contribution in [0.15, 0.2) is 4.42 Å². The number of aliphatic carboxylic acids is 1. The second-order valence-corrected chi connectivity index (χ2v) is 6.58. The summed E-state index contributed by atoms with van der Waals surface area (Å²) >= 11 is 6.25. The van der Waals surface area contributed by atoms with Gasteiger partial charge in [0.1, 0.15) is 11.8 Å². The van der Waals surface area contributed by atoms with E-state index in [1.807, 2.05) is 0 Å². The zero-order valence-electron chi connectivity index (χ0n) is 11.2. The molecular formula is C14H19ClN2O3. The quantitative estimate of drug-likeness (QED) is 0.830. The molecule has 4 atom stereocenters. The number of nitrogens with zero attached hydrogens (tertiary/aromatic N) is 1. The molecule has 110 valence electrons. The highest BCUT2D eigenvalue weighted by Crippen LogP contribution is 2.41. The Morgan fingerprint density at radius 1 is 1.45 bits per heavy atom. The molecule has 0 aliphatic heterocycles. The Balaban J connectivity index is 1.74. The van der Waals surface area contributed by atoms with Gasteiger partial charge >= 0.3 is 5.97 Å². The van der Waals surface area contributed by atoms with E-state index in [4.69, 9.17) is 26.9 Å². The molecule has 3 unspecified atom stereocenters. The molecular weight excluding hydrogens is 280 g/mol. The lowest BCUT2D eigenvalue weighted by atomic mass is 9.71. The fraction of sp³-hybridized carbons (Fsp3) is 0.714. The van der Waals surface area contributed by atoms with Gasteiger partial charge in [0.15, 0.2) is 5.89 Å². The molecule has 0 bridgehead atoms. The molecule has 6 heteroatoms. The fourth-order valence-electron chi connectivity index (χ4n) is 3.39. The summed E-state index contributed by atoms with van der Waals surface area (Å²) in [5.41, 5.74) is 6.50. The van der Waals surface area contributed by atoms with Crippen molar-refractivity contribution >= 4 is 17.6 Å². The average Bonchev–Trinajstić information content (AvgIpc) is 2.76. The van der Waals surface area contributed by atoms with Gasteiger partial charge < -0.3 is 15.3 Å². The number of carboxylic acid groups (broad SMARTS) is 1. The van der Waals surface area contributed by atoms with E-state index in [-0.39, 0.29) is 11.8 Å². The fourth-order valence-corrected chi connectivity index (χ4v) is 3.75. The summed E-state index contributed by atoms with van der Waals surface area (Å²) in [4.78, 5) is 15.2. The van der Waals surface area contributed by atoms with Gasteiger partial charge in [0.2, 0.25) is 0 Å². The monoisotopic (exact) mass is 298 g/mol. The molecule has 1 heterocycles. The largest absolute Gasteiger partial charge is 0.480 e. The molecule has 2 aliphatic rings. The zero-order valence-corrected chi connectivity index (χ0v) is 12.0. The Bertz CT molecular complexity index is 517. The number of oxazole rings is 1. The van der Waals surface area contributed by atoms with Crippen LogP contribution in [0.1, 0.15) is 36.6 Å². The molecule has 20 heavy (non-hydrogen) atoms. The smallest absolute Gasteiger partial charge is 0.321 e. The first-order valence-electron chi connectivity index (χ1n) is 7.13. The Labute approximate surface area is 122 Å². The normalized spacial score (nSPS) is 30.4. The van der Waals surface area contributed by atoms with E-state index in [2.05, 4.69) is 4.98 Å². The average molecular weight is 299 g/mol. The Morgan fingerprint density at radius 2 is 2.25 bits per heavy atom. The lowest BCUT2D eigenvalue weighted by molar-refractivity contribution is -0.138. The van der Waals surface area contributed by atoms with Crippen molar-refractivity contribution in [3.8, 4) is 0 Å². The van der Waals surface area contributed by atoms with Crippen molar-refractivity contribution in [3.05, 3.63) is 17.3 Å². The molecule has 2 aliphatic carbocycles. The molecule has 3 rings (SSSR count). The van der Waals surface area contributed by atoms with Gasteiger partial charge in [0, 0.05) is 11.8 Å². The molecule has 0 aromatic carbocycles. The van der Waals surface area contributed by atoms with Crippen molar-refractivity contribution in [1.29, 1.82) is 0 Å². The van der Waals surface area contributed by atoms with Crippen molar-refractivity contribution in [3.63, 3.8) is 0 Å². The summed E-state index contributed by atoms with van der Waals surface area (Å²) in [5.74, 6) is 1.56. The maximum Gasteiger partial charge on any atom is 0.321 e. The maximum atomic E-state index is 10.8. The first kappa shape index (κ1) is 13.9. The van der Waals surface area contributed by atoms with Crippen LogP contribution in [0.2, 0.25) is 0 Å². The van der Waals surface area contributed by atoms with Gasteiger partial charge in [-0.05, 0) is 37.5 Å². The molecule has 0 saturated heterocycles. The Kier molecular flexibility index (Phi) is 3.73. The minimum atomic E-state index is -1.03. The molecule has 1 aromatic heterocycles. The molecule has 0 amide bonds. The standard InChI is InChI=1S/C14H19ClN2O3/c15-9-2-1-7-5-12-11(4-8(7)3-9)17-13(20-12)6-10(16)14(18)19/h7-10H,1-6,16H2,(H,18,19)/t7?,8?,9?,10-/m1/s1. The highest BCUT2D eigenvalue weighted by atomic mass is 35.5. The van der Waals surface area contributed by atoms with E-state index in [1.165, 1.54) is 0 Å². The van der Waals surface area contributed by atoms with Crippen LogP contribution < -0.4 is 5.73 Å². The van der Waals surface area contributed by atoms with Crippen molar-refractivity contribution in [1.82, 2.24) is 4.98 Å². The third-order valence-corrected chi connectivity index (χ3v) is 4.91. The van der Waals surface area contributed by atoms with Crippen molar-refractivity contribution in [2.45, 2.75) is 49.9 Å². The van der Waals surface area contributed by atoms with Crippen LogP contribution in [0, 0.1) is 11.8 Å². The van der Waals surface area contributed by atoms with Crippen LogP contribution in [-0.2, 0) is 24.1 Å². The van der Waals surface area contributed by atoms with Crippen LogP contribution in [0.3, 0.4) is 0 Å². The predicted octanol–water partition coefficient (Wildman–Crippen LogP) is 1.75. The molecule has 1 saturated carbocycles. The van der Waals surface area contributed by atoms with Crippen LogP contribution in [0.4, 0.5) is 0 Å². The van der Waals surface area contributed by atoms with E-state index < -0.39 is 12.0 Å². The molecule has 0 radical (unpaired) electrons. The van der Waals surface area contributed by atoms with Gasteiger partial charge in [-0.15, -0.1) is 11.6 Å². The van der Waals surface area contributed by atoms with Crippen molar-refractivity contribution in [2.24, 2.45) is 17.6 Å². The summed E-state index contributed by atoms with van der Waals surface area (Å²) < 4.78 is 5.72. The first-order valence-corrected chi connectivity index (χ1v) is 7.56. The third-order valence-electron chi connectivity index (χ3n) is 4.51. The van der Waals surface area contributed by atoms with E-state index in [9.17, 15) is 4.79 Å². The van der Waals surface area contributed by atoms with Crippen molar-refractivity contribution in [2.75, 3.05) is 0 Å². The number of aromatic nitrogens is 1. The van der Waals surface area contributed by atoms with Crippen LogP contribution in [-0.4, -0.2) is 27.5 Å². The topological polar surface area (TPSA) is 89.4 Å². The summed E-state index contributed by atoms with van der Waals surface area (Å²) in [6.07, 6.45) is 5.21. The van der Waals surface area contributed by atoms with Gasteiger partial charge in [0.05, 0.1) is 12.1 Å². The first-order chi connectivity index (χ1) is 9.52. The van der Waals surface area contributed by atoms with E-state index >= 15 is 0 Å². The van der Waals surface area contributed by atoms with Crippen LogP contribution in [0.25, 0.3) is 0 Å². The molecule has 5 nitrogen and oxygen atoms in total. The second-order valence-electron chi connectivity index (χ2n) is 5.97. The summed E-state index contributed by atoms with van der Waals surface area (Å²) in [6, 6.07) is -0.954. The Hall–Kier alpha value is -1.07. The Morgan fingerprint density at radius 3 is 3.00 bits per heavy atom. The summed E-state index contributed by atoms with van der Waals surface area (Å²) in [5, 5.41) is 9.12. The van der Waals surface area contributed by atoms with Crippen molar-refractivity contribution < 1.29 is 14.3 Å². The van der Waals surface area contributed by atoms with E-state index in [0.29, 0.717) is 17.7 Å². The highest BCUT2D eigenvalue weighted by Gasteiger charge is 2.36. The number of hydrogen-bond donors (Lipinski definition) is 2. The molecule has 3 N–H and O–H groups in total. The lowest BCUT2D eigenvalue weighted by Gasteiger charge is -2.36. The summed E-state index contributed by atoms with van der Waals surface area (Å²) in [7, 11) is 0. The minimum Gasteiger partial charge on any atom is -0.480 e. The van der Waals surface area contributed by atoms with Gasteiger partial charge in [-0.2, -0.15) is 0 Å². The predicted molar refractivity (Wildman–Crippen MR) is 73.7 cm³/mol. The summed E-state index contributed by atoms with van der Waals surface area (Å²) in [6.45, 7) is 0. The SMILES string of the molecule is N[C@H](Cc1nc2c(o1)CC1CCC(Cl)CC1C2)C(=O)O. The second kappa shape index (κ2) is 5.37. The number of fused-ring (bicyclic) bond motifs is 2. The number of rotatable bonds is 3. The maximum absolute atomic E-state index is 10.8. The number of nitrogens with two attached hydrogens (primary N) is 1. The van der Waals surface area contributed by atoms with Gasteiger partial charge in [0.25, 0.3) is 0 Å². The molecule has 1 aromatic rings. The number of hydrogen-bond acceptors (Lipinski definition) is 4. The van der Waals surface area contributed by atoms with Gasteiger partial charge in [-0.1, -0.05) is 0 Å². The number of halogens is 1. The lowest BCUT2D eigenvalue weighted by Crippen LogP contribution is -2.32. The van der Waals surface area contributed by atoms with Crippen LogP contribution >= 0.6 is 11.6 Å². The number of carbonyl (C=O) groups is 1. The van der Waals surface area contributed by atoms with Crippen LogP contribution in [0.5, 0.6) is 0 Å². The van der Waals surface area contributed by atoms with E-state index in [0.717, 1.165) is 43.6 Å². The number of alkyl halides is 1. The van der Waals surface area contributed by atoms with E-state index in [1.54, 1.807) is 0 Å². The number of carboxylic acids is 1. The zero-order chi connectivity index (χ0) is 14.3. The highest BCUT2D eigenvalue weighted by molar-refractivity contribution is 6.20.